The number of rotatable bonds is 2. The Morgan fingerprint density at radius 1 is 1.15 bits per heavy atom. The van der Waals surface area contributed by atoms with Gasteiger partial charge in [0.05, 0.1) is 10.6 Å². The second kappa shape index (κ2) is 5.35. The minimum absolute atomic E-state index is 0.238. The van der Waals surface area contributed by atoms with Crippen molar-refractivity contribution in [2.45, 2.75) is 6.42 Å². The Hall–Kier alpha value is -1.71. The second-order valence-corrected chi connectivity index (χ2v) is 5.47. The molecule has 1 amide bonds. The summed E-state index contributed by atoms with van der Waals surface area (Å²) in [5.41, 5.74) is 3.52. The van der Waals surface area contributed by atoms with Gasteiger partial charge in [0.2, 0.25) is 0 Å². The van der Waals surface area contributed by atoms with Crippen LogP contribution in [0.2, 0.25) is 10.0 Å². The van der Waals surface area contributed by atoms with Crippen molar-refractivity contribution < 1.29 is 4.79 Å². The first-order valence-electron chi connectivity index (χ1n) is 6.27. The van der Waals surface area contributed by atoms with Gasteiger partial charge in [-0.3, -0.25) is 4.79 Å². The van der Waals surface area contributed by atoms with Gasteiger partial charge < -0.3 is 10.6 Å². The number of amides is 1. The highest BCUT2D eigenvalue weighted by molar-refractivity contribution is 6.37. The SMILES string of the molecule is O=C(Nc1ccc2c(c1)CCN2)c1ccc(Cl)cc1Cl. The predicted octanol–water partition coefficient (Wildman–Crippen LogP) is 4.21. The first-order chi connectivity index (χ1) is 9.63. The lowest BCUT2D eigenvalue weighted by molar-refractivity contribution is 0.102. The van der Waals surface area contributed by atoms with Gasteiger partial charge >= 0.3 is 0 Å². The van der Waals surface area contributed by atoms with Crippen LogP contribution in [0.25, 0.3) is 0 Å². The molecule has 1 aliphatic heterocycles. The number of hydrogen-bond donors (Lipinski definition) is 2. The van der Waals surface area contributed by atoms with Crippen LogP contribution in [0.4, 0.5) is 11.4 Å². The van der Waals surface area contributed by atoms with E-state index in [2.05, 4.69) is 10.6 Å². The van der Waals surface area contributed by atoms with E-state index < -0.39 is 0 Å². The quantitative estimate of drug-likeness (QED) is 0.872. The third kappa shape index (κ3) is 2.60. The highest BCUT2D eigenvalue weighted by Gasteiger charge is 2.13. The molecule has 20 heavy (non-hydrogen) atoms. The van der Waals surface area contributed by atoms with E-state index in [0.29, 0.717) is 15.6 Å². The lowest BCUT2D eigenvalue weighted by Crippen LogP contribution is -2.12. The van der Waals surface area contributed by atoms with Crippen molar-refractivity contribution in [1.82, 2.24) is 0 Å². The topological polar surface area (TPSA) is 41.1 Å². The number of anilines is 2. The van der Waals surface area contributed by atoms with E-state index in [-0.39, 0.29) is 5.91 Å². The molecule has 3 rings (SSSR count). The summed E-state index contributed by atoms with van der Waals surface area (Å²) in [4.78, 5) is 12.2. The third-order valence-corrected chi connectivity index (χ3v) is 3.80. The number of nitrogens with one attached hydrogen (secondary N) is 2. The van der Waals surface area contributed by atoms with E-state index in [4.69, 9.17) is 23.2 Å². The van der Waals surface area contributed by atoms with Crippen LogP contribution in [0.1, 0.15) is 15.9 Å². The van der Waals surface area contributed by atoms with Gasteiger partial charge in [0.15, 0.2) is 0 Å². The van der Waals surface area contributed by atoms with E-state index >= 15 is 0 Å². The molecule has 0 fully saturated rings. The summed E-state index contributed by atoms with van der Waals surface area (Å²) in [5.74, 6) is -0.238. The van der Waals surface area contributed by atoms with Crippen LogP contribution < -0.4 is 10.6 Å². The number of carbonyl (C=O) groups is 1. The minimum atomic E-state index is -0.238. The molecule has 1 aliphatic rings. The Bertz CT molecular complexity index is 686. The molecule has 0 radical (unpaired) electrons. The minimum Gasteiger partial charge on any atom is -0.384 e. The fraction of sp³-hybridized carbons (Fsp3) is 0.133. The molecular weight excluding hydrogens is 295 g/mol. The fourth-order valence-electron chi connectivity index (χ4n) is 2.25. The highest BCUT2D eigenvalue weighted by Crippen LogP contribution is 2.26. The smallest absolute Gasteiger partial charge is 0.257 e. The number of halogens is 2. The molecule has 1 heterocycles. The van der Waals surface area contributed by atoms with Crippen molar-refractivity contribution in [3.8, 4) is 0 Å². The van der Waals surface area contributed by atoms with Gasteiger partial charge in [-0.15, -0.1) is 0 Å². The molecule has 0 bridgehead atoms. The maximum Gasteiger partial charge on any atom is 0.257 e. The number of carbonyl (C=O) groups excluding carboxylic acids is 1. The summed E-state index contributed by atoms with van der Waals surface area (Å²) in [6, 6.07) is 10.7. The van der Waals surface area contributed by atoms with Crippen LogP contribution in [0.3, 0.4) is 0 Å². The van der Waals surface area contributed by atoms with Gasteiger partial charge in [-0.05, 0) is 48.4 Å². The second-order valence-electron chi connectivity index (χ2n) is 4.63. The van der Waals surface area contributed by atoms with Crippen LogP contribution in [-0.2, 0) is 6.42 Å². The molecule has 0 saturated carbocycles. The molecule has 2 aromatic rings. The van der Waals surface area contributed by atoms with E-state index in [9.17, 15) is 4.79 Å². The van der Waals surface area contributed by atoms with Gasteiger partial charge in [-0.1, -0.05) is 23.2 Å². The molecule has 0 atom stereocenters. The molecule has 0 aliphatic carbocycles. The number of hydrogen-bond acceptors (Lipinski definition) is 2. The van der Waals surface area contributed by atoms with Gasteiger partial charge in [-0.25, -0.2) is 0 Å². The van der Waals surface area contributed by atoms with Crippen LogP contribution in [0, 0.1) is 0 Å². The van der Waals surface area contributed by atoms with Crippen LogP contribution in [-0.4, -0.2) is 12.5 Å². The van der Waals surface area contributed by atoms with Crippen LogP contribution >= 0.6 is 23.2 Å². The molecule has 3 nitrogen and oxygen atoms in total. The van der Waals surface area contributed by atoms with Gasteiger partial charge in [0.1, 0.15) is 0 Å². The first-order valence-corrected chi connectivity index (χ1v) is 7.02. The first kappa shape index (κ1) is 13.3. The summed E-state index contributed by atoms with van der Waals surface area (Å²) in [6.45, 7) is 0.940. The number of benzene rings is 2. The Kier molecular flexibility index (Phi) is 3.55. The van der Waals surface area contributed by atoms with Crippen molar-refractivity contribution >= 4 is 40.5 Å². The molecule has 0 spiro atoms. The summed E-state index contributed by atoms with van der Waals surface area (Å²) < 4.78 is 0. The summed E-state index contributed by atoms with van der Waals surface area (Å²) >= 11 is 11.9. The molecular formula is C15H12Cl2N2O. The fourth-order valence-corrected chi connectivity index (χ4v) is 2.75. The van der Waals surface area contributed by atoms with Crippen molar-refractivity contribution in [3.63, 3.8) is 0 Å². The molecule has 0 saturated heterocycles. The average molecular weight is 307 g/mol. The van der Waals surface area contributed by atoms with Gasteiger partial charge in [0.25, 0.3) is 5.91 Å². The highest BCUT2D eigenvalue weighted by atomic mass is 35.5. The molecule has 2 N–H and O–H groups in total. The zero-order valence-corrected chi connectivity index (χ0v) is 12.1. The maximum atomic E-state index is 12.2. The number of fused-ring (bicyclic) bond motifs is 1. The molecule has 5 heteroatoms. The Labute approximate surface area is 126 Å². The van der Waals surface area contributed by atoms with E-state index in [1.54, 1.807) is 18.2 Å². The average Bonchev–Trinajstić information content (AvgIpc) is 2.85. The Morgan fingerprint density at radius 3 is 2.80 bits per heavy atom. The van der Waals surface area contributed by atoms with E-state index in [0.717, 1.165) is 24.3 Å². The van der Waals surface area contributed by atoms with Crippen LogP contribution in [0.15, 0.2) is 36.4 Å². The molecule has 2 aromatic carbocycles. The zero-order valence-electron chi connectivity index (χ0n) is 10.5. The largest absolute Gasteiger partial charge is 0.384 e. The van der Waals surface area contributed by atoms with E-state index in [1.165, 1.54) is 5.56 Å². The maximum absolute atomic E-state index is 12.2. The lowest BCUT2D eigenvalue weighted by atomic mass is 10.1. The molecule has 0 unspecified atom stereocenters. The Morgan fingerprint density at radius 2 is 2.00 bits per heavy atom. The zero-order chi connectivity index (χ0) is 14.1. The van der Waals surface area contributed by atoms with Gasteiger partial charge in [0, 0.05) is 22.9 Å². The van der Waals surface area contributed by atoms with Crippen LogP contribution in [0.5, 0.6) is 0 Å². The van der Waals surface area contributed by atoms with Crippen molar-refractivity contribution in [1.29, 1.82) is 0 Å². The Balaban J connectivity index is 1.82. The summed E-state index contributed by atoms with van der Waals surface area (Å²) in [6.07, 6.45) is 0.973. The molecule has 102 valence electrons. The molecule has 0 aromatic heterocycles. The van der Waals surface area contributed by atoms with Crippen molar-refractivity contribution in [3.05, 3.63) is 57.6 Å². The third-order valence-electron chi connectivity index (χ3n) is 3.25. The van der Waals surface area contributed by atoms with E-state index in [1.807, 2.05) is 18.2 Å². The van der Waals surface area contributed by atoms with Crippen molar-refractivity contribution in [2.24, 2.45) is 0 Å². The van der Waals surface area contributed by atoms with Gasteiger partial charge in [-0.2, -0.15) is 0 Å². The normalized spacial score (nSPS) is 12.7. The predicted molar refractivity (Wildman–Crippen MR) is 83.1 cm³/mol. The summed E-state index contributed by atoms with van der Waals surface area (Å²) in [5, 5.41) is 6.99. The standard InChI is InChI=1S/C15H12Cl2N2O/c16-10-1-3-12(13(17)8-10)15(20)19-11-2-4-14-9(7-11)5-6-18-14/h1-4,7-8,18H,5-6H2,(H,19,20). The lowest BCUT2D eigenvalue weighted by Gasteiger charge is -2.08. The van der Waals surface area contributed by atoms with Crippen molar-refractivity contribution in [2.75, 3.05) is 17.2 Å². The monoisotopic (exact) mass is 306 g/mol. The summed E-state index contributed by atoms with van der Waals surface area (Å²) in [7, 11) is 0.